The molecule has 0 radical (unpaired) electrons. The number of rotatable bonds is 2. The number of imidazole rings is 1. The van der Waals surface area contributed by atoms with Crippen molar-refractivity contribution in [2.45, 2.75) is 13.8 Å². The number of carbonyl (C=O) groups is 1. The lowest BCUT2D eigenvalue weighted by Gasteiger charge is -2.01. The normalized spacial score (nSPS) is 11.1. The van der Waals surface area contributed by atoms with E-state index in [0.29, 0.717) is 17.2 Å². The van der Waals surface area contributed by atoms with Gasteiger partial charge in [0, 0.05) is 12.6 Å². The van der Waals surface area contributed by atoms with Gasteiger partial charge in [0.2, 0.25) is 5.78 Å². The van der Waals surface area contributed by atoms with E-state index < -0.39 is 0 Å². The average Bonchev–Trinajstić information content (AvgIpc) is 2.86. The van der Waals surface area contributed by atoms with Crippen LogP contribution in [0.5, 0.6) is 0 Å². The van der Waals surface area contributed by atoms with Crippen LogP contribution in [-0.4, -0.2) is 25.5 Å². The molecule has 0 unspecified atom stereocenters. The number of hydrogen-bond acceptors (Lipinski definition) is 3. The summed E-state index contributed by atoms with van der Waals surface area (Å²) in [6.07, 6.45) is 0.794. The van der Waals surface area contributed by atoms with Gasteiger partial charge in [0.25, 0.3) is 0 Å². The highest BCUT2D eigenvalue weighted by atomic mass is 16.1. The second kappa shape index (κ2) is 4.05. The molecule has 0 aliphatic heterocycles. The van der Waals surface area contributed by atoms with E-state index in [1.54, 1.807) is 4.52 Å². The Labute approximate surface area is 110 Å². The zero-order valence-corrected chi connectivity index (χ0v) is 11.1. The topological polar surface area (TPSA) is 52.2 Å². The highest BCUT2D eigenvalue weighted by Crippen LogP contribution is 2.21. The van der Waals surface area contributed by atoms with Gasteiger partial charge in [0.1, 0.15) is 5.69 Å². The largest absolute Gasteiger partial charge is 0.296 e. The van der Waals surface area contributed by atoms with E-state index in [1.165, 1.54) is 5.56 Å². The van der Waals surface area contributed by atoms with Crippen molar-refractivity contribution >= 4 is 12.1 Å². The summed E-state index contributed by atoms with van der Waals surface area (Å²) in [5, 5.41) is 4.50. The highest BCUT2D eigenvalue weighted by Gasteiger charge is 2.16. The van der Waals surface area contributed by atoms with Crippen molar-refractivity contribution < 1.29 is 4.79 Å². The van der Waals surface area contributed by atoms with Gasteiger partial charge in [-0.15, -0.1) is 5.10 Å². The van der Waals surface area contributed by atoms with Gasteiger partial charge >= 0.3 is 0 Å². The number of nitrogens with zero attached hydrogens (tertiary/aromatic N) is 4. The van der Waals surface area contributed by atoms with Crippen LogP contribution in [0.2, 0.25) is 0 Å². The molecule has 3 aromatic rings. The zero-order valence-electron chi connectivity index (χ0n) is 11.1. The fourth-order valence-corrected chi connectivity index (χ4v) is 2.26. The van der Waals surface area contributed by atoms with Crippen LogP contribution in [0.3, 0.4) is 0 Å². The standard InChI is InChI=1S/C14H14N4O/c1-9-5-4-6-11(7-9)13-16-18-12(8-19)10(2)15-14(18)17(13)3/h4-8H,1-3H3. The quantitative estimate of drug-likeness (QED) is 0.658. The molecule has 0 saturated heterocycles. The summed E-state index contributed by atoms with van der Waals surface area (Å²) in [4.78, 5) is 15.5. The Morgan fingerprint density at radius 1 is 1.26 bits per heavy atom. The van der Waals surface area contributed by atoms with Crippen LogP contribution in [0.25, 0.3) is 17.2 Å². The smallest absolute Gasteiger partial charge is 0.233 e. The van der Waals surface area contributed by atoms with Gasteiger partial charge in [0.05, 0.1) is 5.69 Å². The van der Waals surface area contributed by atoms with E-state index in [1.807, 2.05) is 43.7 Å². The summed E-state index contributed by atoms with van der Waals surface area (Å²) < 4.78 is 3.49. The molecule has 3 rings (SSSR count). The molecule has 0 fully saturated rings. The molecule has 0 bridgehead atoms. The van der Waals surface area contributed by atoms with E-state index in [-0.39, 0.29) is 0 Å². The van der Waals surface area contributed by atoms with Crippen molar-refractivity contribution in [2.24, 2.45) is 7.05 Å². The minimum Gasteiger partial charge on any atom is -0.296 e. The molecule has 2 heterocycles. The molecule has 0 amide bonds. The Morgan fingerprint density at radius 3 is 2.74 bits per heavy atom. The van der Waals surface area contributed by atoms with E-state index in [9.17, 15) is 4.79 Å². The molecule has 1 aromatic carbocycles. The summed E-state index contributed by atoms with van der Waals surface area (Å²) in [5.74, 6) is 1.48. The molecule has 5 heteroatoms. The highest BCUT2D eigenvalue weighted by molar-refractivity contribution is 5.76. The van der Waals surface area contributed by atoms with Crippen LogP contribution in [0, 0.1) is 13.8 Å². The van der Waals surface area contributed by atoms with Crippen molar-refractivity contribution in [3.63, 3.8) is 0 Å². The SMILES string of the molecule is Cc1cccc(-c2nn3c(C=O)c(C)nc3n2C)c1. The number of aryl methyl sites for hydroxylation is 3. The van der Waals surface area contributed by atoms with E-state index in [4.69, 9.17) is 0 Å². The summed E-state index contributed by atoms with van der Waals surface area (Å²) in [6.45, 7) is 3.85. The Hall–Kier alpha value is -2.43. The molecule has 19 heavy (non-hydrogen) atoms. The lowest BCUT2D eigenvalue weighted by Crippen LogP contribution is -1.95. The van der Waals surface area contributed by atoms with Gasteiger partial charge in [-0.05, 0) is 19.9 Å². The molecule has 0 N–H and O–H groups in total. The van der Waals surface area contributed by atoms with Crippen LogP contribution in [-0.2, 0) is 7.05 Å². The van der Waals surface area contributed by atoms with Crippen LogP contribution in [0.1, 0.15) is 21.7 Å². The van der Waals surface area contributed by atoms with Crippen molar-refractivity contribution in [2.75, 3.05) is 0 Å². The maximum Gasteiger partial charge on any atom is 0.233 e. The Morgan fingerprint density at radius 2 is 2.05 bits per heavy atom. The third kappa shape index (κ3) is 1.66. The molecule has 0 aliphatic carbocycles. The molecule has 0 aliphatic rings. The van der Waals surface area contributed by atoms with Gasteiger partial charge in [-0.3, -0.25) is 9.36 Å². The Bertz CT molecular complexity index is 782. The van der Waals surface area contributed by atoms with E-state index in [0.717, 1.165) is 17.7 Å². The summed E-state index contributed by atoms with van der Waals surface area (Å²) in [6, 6.07) is 8.10. The van der Waals surface area contributed by atoms with Crippen molar-refractivity contribution in [1.29, 1.82) is 0 Å². The number of carbonyl (C=O) groups excluding carboxylic acids is 1. The molecular formula is C14H14N4O. The average molecular weight is 254 g/mol. The van der Waals surface area contributed by atoms with Crippen molar-refractivity contribution in [3.05, 3.63) is 41.2 Å². The van der Waals surface area contributed by atoms with Gasteiger partial charge in [-0.2, -0.15) is 4.52 Å². The first-order valence-corrected chi connectivity index (χ1v) is 6.06. The molecule has 2 aromatic heterocycles. The van der Waals surface area contributed by atoms with Crippen LogP contribution in [0.15, 0.2) is 24.3 Å². The van der Waals surface area contributed by atoms with E-state index in [2.05, 4.69) is 16.1 Å². The second-order valence-electron chi connectivity index (χ2n) is 4.66. The van der Waals surface area contributed by atoms with Gasteiger partial charge in [0.15, 0.2) is 12.1 Å². The van der Waals surface area contributed by atoms with Crippen molar-refractivity contribution in [3.8, 4) is 11.4 Å². The van der Waals surface area contributed by atoms with Crippen molar-refractivity contribution in [1.82, 2.24) is 19.2 Å². The first-order chi connectivity index (χ1) is 9.11. The second-order valence-corrected chi connectivity index (χ2v) is 4.66. The molecule has 96 valence electrons. The number of benzene rings is 1. The lowest BCUT2D eigenvalue weighted by atomic mass is 10.1. The maximum absolute atomic E-state index is 11.1. The van der Waals surface area contributed by atoms with Crippen LogP contribution < -0.4 is 0 Å². The number of hydrogen-bond donors (Lipinski definition) is 0. The maximum atomic E-state index is 11.1. The molecule has 0 spiro atoms. The monoisotopic (exact) mass is 254 g/mol. The minimum atomic E-state index is 0.504. The third-order valence-electron chi connectivity index (χ3n) is 3.26. The summed E-state index contributed by atoms with van der Waals surface area (Å²) in [7, 11) is 1.90. The van der Waals surface area contributed by atoms with Gasteiger partial charge in [-0.25, -0.2) is 4.98 Å². The predicted molar refractivity (Wildman–Crippen MR) is 72.3 cm³/mol. The fraction of sp³-hybridized carbons (Fsp3) is 0.214. The molecule has 0 saturated carbocycles. The van der Waals surface area contributed by atoms with E-state index >= 15 is 0 Å². The number of aldehydes is 1. The lowest BCUT2D eigenvalue weighted by molar-refractivity contribution is 0.111. The summed E-state index contributed by atoms with van der Waals surface area (Å²) in [5.41, 5.74) is 3.39. The number of fused-ring (bicyclic) bond motifs is 1. The van der Waals surface area contributed by atoms with Crippen LogP contribution in [0.4, 0.5) is 0 Å². The zero-order chi connectivity index (χ0) is 13.6. The predicted octanol–water partition coefficient (Wildman–Crippen LogP) is 2.16. The van der Waals surface area contributed by atoms with Gasteiger partial charge in [-0.1, -0.05) is 23.8 Å². The van der Waals surface area contributed by atoms with Gasteiger partial charge < -0.3 is 0 Å². The first kappa shape index (κ1) is 11.6. The number of aromatic nitrogens is 4. The molecular weight excluding hydrogens is 240 g/mol. The Kier molecular flexibility index (Phi) is 2.48. The molecule has 5 nitrogen and oxygen atoms in total. The van der Waals surface area contributed by atoms with Crippen LogP contribution >= 0.6 is 0 Å². The Balaban J connectivity index is 2.29. The minimum absolute atomic E-state index is 0.504. The summed E-state index contributed by atoms with van der Waals surface area (Å²) >= 11 is 0. The fourth-order valence-electron chi connectivity index (χ4n) is 2.26. The molecule has 0 atom stereocenters. The first-order valence-electron chi connectivity index (χ1n) is 6.06. The third-order valence-corrected chi connectivity index (χ3v) is 3.26.